The SMILES string of the molecule is NC(=O)c1cn([C@@H]2O[C@@H](CO)[C@H](O)[C@H]2F)nn1. The Hall–Kier alpha value is -1.58. The fourth-order valence-corrected chi connectivity index (χ4v) is 1.58. The maximum absolute atomic E-state index is 13.6. The number of nitrogens with zero attached hydrogens (tertiary/aromatic N) is 3. The minimum atomic E-state index is -1.77. The number of carbonyl (C=O) groups excluding carboxylic acids is 1. The lowest BCUT2D eigenvalue weighted by Gasteiger charge is -2.11. The third-order valence-electron chi connectivity index (χ3n) is 2.50. The Morgan fingerprint density at radius 2 is 2.41 bits per heavy atom. The zero-order chi connectivity index (χ0) is 12.6. The van der Waals surface area contributed by atoms with Crippen molar-refractivity contribution in [3.8, 4) is 0 Å². The molecule has 1 saturated heterocycles. The second-order valence-electron chi connectivity index (χ2n) is 3.63. The Kier molecular flexibility index (Phi) is 3.05. The van der Waals surface area contributed by atoms with E-state index in [2.05, 4.69) is 10.3 Å². The van der Waals surface area contributed by atoms with Crippen LogP contribution in [0.15, 0.2) is 6.20 Å². The monoisotopic (exact) mass is 246 g/mol. The number of ether oxygens (including phenoxy) is 1. The van der Waals surface area contributed by atoms with Crippen molar-refractivity contribution in [1.82, 2.24) is 15.0 Å². The molecule has 17 heavy (non-hydrogen) atoms. The van der Waals surface area contributed by atoms with Gasteiger partial charge >= 0.3 is 0 Å². The maximum atomic E-state index is 13.6. The highest BCUT2D eigenvalue weighted by atomic mass is 19.1. The number of aliphatic hydroxyl groups excluding tert-OH is 2. The zero-order valence-electron chi connectivity index (χ0n) is 8.60. The van der Waals surface area contributed by atoms with Gasteiger partial charge < -0.3 is 20.7 Å². The van der Waals surface area contributed by atoms with E-state index in [-0.39, 0.29) is 5.69 Å². The van der Waals surface area contributed by atoms with Gasteiger partial charge in [0.1, 0.15) is 12.2 Å². The largest absolute Gasteiger partial charge is 0.394 e. The Bertz CT molecular complexity index is 425. The molecule has 4 N–H and O–H groups in total. The first-order valence-electron chi connectivity index (χ1n) is 4.84. The molecule has 0 bridgehead atoms. The van der Waals surface area contributed by atoms with Gasteiger partial charge in [0.25, 0.3) is 5.91 Å². The molecule has 1 aliphatic rings. The molecule has 0 aromatic carbocycles. The smallest absolute Gasteiger partial charge is 0.270 e. The van der Waals surface area contributed by atoms with E-state index in [0.717, 1.165) is 10.9 Å². The highest BCUT2D eigenvalue weighted by molar-refractivity contribution is 5.90. The number of primary amides is 1. The van der Waals surface area contributed by atoms with Crippen LogP contribution >= 0.6 is 0 Å². The molecule has 9 heteroatoms. The molecule has 2 heterocycles. The molecule has 0 radical (unpaired) electrons. The van der Waals surface area contributed by atoms with Crippen LogP contribution < -0.4 is 5.73 Å². The lowest BCUT2D eigenvalue weighted by atomic mass is 10.1. The topological polar surface area (TPSA) is 123 Å². The van der Waals surface area contributed by atoms with Gasteiger partial charge in [-0.05, 0) is 0 Å². The van der Waals surface area contributed by atoms with Crippen LogP contribution in [0.2, 0.25) is 0 Å². The first kappa shape index (κ1) is 11.9. The van der Waals surface area contributed by atoms with Gasteiger partial charge in [0.15, 0.2) is 18.1 Å². The highest BCUT2D eigenvalue weighted by Crippen LogP contribution is 2.30. The standard InChI is InChI=1S/C8H11FN4O4/c9-5-6(15)4(2-14)17-8(5)13-1-3(7(10)16)11-12-13/h1,4-6,8,14-15H,2H2,(H2,10,16)/t4-,5+,6-,8+/m0/s1. The van der Waals surface area contributed by atoms with Gasteiger partial charge in [0, 0.05) is 0 Å². The molecular weight excluding hydrogens is 235 g/mol. The van der Waals surface area contributed by atoms with Crippen LogP contribution in [0.25, 0.3) is 0 Å². The van der Waals surface area contributed by atoms with Gasteiger partial charge in [0.2, 0.25) is 0 Å². The summed E-state index contributed by atoms with van der Waals surface area (Å²) < 4.78 is 19.6. The summed E-state index contributed by atoms with van der Waals surface area (Å²) in [5.74, 6) is -0.802. The zero-order valence-corrected chi connectivity index (χ0v) is 8.60. The van der Waals surface area contributed by atoms with E-state index in [1.54, 1.807) is 0 Å². The summed E-state index contributed by atoms with van der Waals surface area (Å²) in [7, 11) is 0. The number of nitrogens with two attached hydrogens (primary N) is 1. The Morgan fingerprint density at radius 1 is 1.71 bits per heavy atom. The molecule has 1 aliphatic heterocycles. The third kappa shape index (κ3) is 1.99. The van der Waals surface area contributed by atoms with Crippen molar-refractivity contribution < 1.29 is 24.1 Å². The number of alkyl halides is 1. The first-order valence-corrected chi connectivity index (χ1v) is 4.84. The van der Waals surface area contributed by atoms with Crippen molar-refractivity contribution in [1.29, 1.82) is 0 Å². The Balaban J connectivity index is 2.19. The van der Waals surface area contributed by atoms with Crippen LogP contribution in [0, 0.1) is 0 Å². The second-order valence-corrected chi connectivity index (χ2v) is 3.63. The minimum absolute atomic E-state index is 0.136. The molecule has 0 aliphatic carbocycles. The van der Waals surface area contributed by atoms with E-state index in [0.29, 0.717) is 0 Å². The van der Waals surface area contributed by atoms with Crippen molar-refractivity contribution in [3.05, 3.63) is 11.9 Å². The normalized spacial score (nSPS) is 32.9. The van der Waals surface area contributed by atoms with Gasteiger partial charge in [-0.25, -0.2) is 9.07 Å². The molecule has 8 nitrogen and oxygen atoms in total. The maximum Gasteiger partial charge on any atom is 0.270 e. The molecular formula is C8H11FN4O4. The predicted octanol–water partition coefficient (Wildman–Crippen LogP) is -2.03. The van der Waals surface area contributed by atoms with Gasteiger partial charge in [-0.2, -0.15) is 0 Å². The van der Waals surface area contributed by atoms with E-state index in [4.69, 9.17) is 15.6 Å². The highest BCUT2D eigenvalue weighted by Gasteiger charge is 2.45. The summed E-state index contributed by atoms with van der Waals surface area (Å²) in [6.45, 7) is -0.518. The van der Waals surface area contributed by atoms with Crippen LogP contribution in [0.3, 0.4) is 0 Å². The molecule has 0 unspecified atom stereocenters. The fraction of sp³-hybridized carbons (Fsp3) is 0.625. The molecule has 4 atom stereocenters. The van der Waals surface area contributed by atoms with Crippen LogP contribution in [0.4, 0.5) is 4.39 Å². The van der Waals surface area contributed by atoms with Crippen LogP contribution in [0.5, 0.6) is 0 Å². The quantitative estimate of drug-likeness (QED) is 0.565. The average molecular weight is 246 g/mol. The number of rotatable bonds is 3. The number of carbonyl (C=O) groups is 1. The molecule has 0 saturated carbocycles. The molecule has 94 valence electrons. The molecule has 1 fully saturated rings. The predicted molar refractivity (Wildman–Crippen MR) is 50.4 cm³/mol. The Labute approximate surface area is 94.8 Å². The second kappa shape index (κ2) is 4.35. The van der Waals surface area contributed by atoms with Gasteiger partial charge in [-0.3, -0.25) is 4.79 Å². The molecule has 1 aromatic rings. The first-order chi connectivity index (χ1) is 8.04. The molecule has 1 amide bonds. The third-order valence-corrected chi connectivity index (χ3v) is 2.50. The van der Waals surface area contributed by atoms with Crippen molar-refractivity contribution in [2.75, 3.05) is 6.61 Å². The molecule has 0 spiro atoms. The van der Waals surface area contributed by atoms with Crippen LogP contribution in [-0.2, 0) is 4.74 Å². The van der Waals surface area contributed by atoms with E-state index in [9.17, 15) is 14.3 Å². The number of hydrogen-bond donors (Lipinski definition) is 3. The lowest BCUT2D eigenvalue weighted by molar-refractivity contribution is -0.0528. The van der Waals surface area contributed by atoms with Crippen molar-refractivity contribution >= 4 is 5.91 Å². The van der Waals surface area contributed by atoms with Gasteiger partial charge in [-0.15, -0.1) is 5.10 Å². The number of amides is 1. The minimum Gasteiger partial charge on any atom is -0.394 e. The van der Waals surface area contributed by atoms with Crippen LogP contribution in [-0.4, -0.2) is 56.1 Å². The lowest BCUT2D eigenvalue weighted by Crippen LogP contribution is -2.30. The summed E-state index contributed by atoms with van der Waals surface area (Å²) in [5.41, 5.74) is 4.83. The number of aromatic nitrogens is 3. The summed E-state index contributed by atoms with van der Waals surface area (Å²) >= 11 is 0. The van der Waals surface area contributed by atoms with Crippen LogP contribution in [0.1, 0.15) is 16.7 Å². The van der Waals surface area contributed by atoms with Crippen molar-refractivity contribution in [3.63, 3.8) is 0 Å². The van der Waals surface area contributed by atoms with Gasteiger partial charge in [-0.1, -0.05) is 5.21 Å². The Morgan fingerprint density at radius 3 is 2.88 bits per heavy atom. The van der Waals surface area contributed by atoms with Gasteiger partial charge in [0.05, 0.1) is 12.8 Å². The summed E-state index contributed by atoms with van der Waals surface area (Å²) in [6, 6.07) is 0. The van der Waals surface area contributed by atoms with Crippen molar-refractivity contribution in [2.24, 2.45) is 5.73 Å². The van der Waals surface area contributed by atoms with E-state index >= 15 is 0 Å². The molecule has 1 aromatic heterocycles. The summed E-state index contributed by atoms with van der Waals surface area (Å²) in [6.07, 6.45) is -4.37. The summed E-state index contributed by atoms with van der Waals surface area (Å²) in [4.78, 5) is 10.8. The molecule has 2 rings (SSSR count). The average Bonchev–Trinajstić information content (AvgIpc) is 2.87. The summed E-state index contributed by atoms with van der Waals surface area (Å²) in [5, 5.41) is 25.1. The fourth-order valence-electron chi connectivity index (χ4n) is 1.58. The van der Waals surface area contributed by atoms with E-state index < -0.39 is 37.1 Å². The number of hydrogen-bond acceptors (Lipinski definition) is 6. The van der Waals surface area contributed by atoms with E-state index in [1.807, 2.05) is 0 Å². The van der Waals surface area contributed by atoms with Crippen molar-refractivity contribution in [2.45, 2.75) is 24.6 Å². The number of halogens is 1. The van der Waals surface area contributed by atoms with E-state index in [1.165, 1.54) is 0 Å². The number of aliphatic hydroxyl groups is 2.